The van der Waals surface area contributed by atoms with E-state index < -0.39 is 5.97 Å². The van der Waals surface area contributed by atoms with E-state index in [-0.39, 0.29) is 12.5 Å². The van der Waals surface area contributed by atoms with Crippen molar-refractivity contribution >= 4 is 23.3 Å². The van der Waals surface area contributed by atoms with Gasteiger partial charge in [0.15, 0.2) is 0 Å². The normalized spacial score (nSPS) is 11.2. The molecular formula is C27H29N3O3. The van der Waals surface area contributed by atoms with Gasteiger partial charge < -0.3 is 15.7 Å². The van der Waals surface area contributed by atoms with Crippen LogP contribution in [0.2, 0.25) is 0 Å². The highest BCUT2D eigenvalue weighted by Gasteiger charge is 2.14. The Labute approximate surface area is 194 Å². The lowest BCUT2D eigenvalue weighted by Gasteiger charge is -2.14. The number of hydrogen-bond donors (Lipinski definition) is 3. The molecule has 3 aromatic rings. The first-order valence-corrected chi connectivity index (χ1v) is 11.1. The number of amides is 1. The summed E-state index contributed by atoms with van der Waals surface area (Å²) in [7, 11) is 0. The molecule has 0 heterocycles. The Bertz CT molecular complexity index is 1070. The second-order valence-electron chi connectivity index (χ2n) is 7.64. The van der Waals surface area contributed by atoms with Crippen molar-refractivity contribution in [3.05, 3.63) is 102 Å². The number of hydrogen-bond acceptors (Lipinski definition) is 4. The van der Waals surface area contributed by atoms with Crippen LogP contribution >= 0.6 is 0 Å². The molecule has 0 saturated carbocycles. The molecule has 6 heteroatoms. The van der Waals surface area contributed by atoms with Gasteiger partial charge in [-0.1, -0.05) is 78.9 Å². The van der Waals surface area contributed by atoms with E-state index in [4.69, 9.17) is 5.11 Å². The minimum Gasteiger partial charge on any atom is -0.480 e. The molecule has 0 aromatic heterocycles. The summed E-state index contributed by atoms with van der Waals surface area (Å²) in [6, 6.07) is 27.0. The lowest BCUT2D eigenvalue weighted by Crippen LogP contribution is -2.17. The third-order valence-electron chi connectivity index (χ3n) is 5.06. The minimum atomic E-state index is -1.01. The van der Waals surface area contributed by atoms with Crippen molar-refractivity contribution in [1.82, 2.24) is 5.32 Å². The predicted molar refractivity (Wildman–Crippen MR) is 132 cm³/mol. The summed E-state index contributed by atoms with van der Waals surface area (Å²) in [4.78, 5) is 28.0. The fraction of sp³-hybridized carbons (Fsp3) is 0.222. The summed E-state index contributed by atoms with van der Waals surface area (Å²) in [5, 5.41) is 15.5. The van der Waals surface area contributed by atoms with E-state index in [0.29, 0.717) is 23.4 Å². The lowest BCUT2D eigenvalue weighted by molar-refractivity contribution is -0.135. The molecular weight excluding hydrogens is 414 g/mol. The van der Waals surface area contributed by atoms with Crippen LogP contribution in [0.5, 0.6) is 0 Å². The number of anilines is 1. The van der Waals surface area contributed by atoms with Gasteiger partial charge in [0.25, 0.3) is 0 Å². The molecule has 170 valence electrons. The number of carbonyl (C=O) groups is 2. The highest BCUT2D eigenvalue weighted by atomic mass is 16.4. The zero-order valence-electron chi connectivity index (χ0n) is 18.5. The highest BCUT2D eigenvalue weighted by molar-refractivity contribution is 6.17. The number of nitrogens with zero attached hydrogens (tertiary/aromatic N) is 1. The number of benzene rings is 3. The fourth-order valence-electron chi connectivity index (χ4n) is 3.45. The lowest BCUT2D eigenvalue weighted by atomic mass is 10.00. The van der Waals surface area contributed by atoms with E-state index in [9.17, 15) is 9.59 Å². The number of carbonyl (C=O) groups excluding carboxylic acids is 1. The average Bonchev–Trinajstić information content (AvgIpc) is 2.83. The number of carboxylic acids is 1. The smallest absolute Gasteiger partial charge is 0.325 e. The molecule has 3 aromatic carbocycles. The third-order valence-corrected chi connectivity index (χ3v) is 5.06. The van der Waals surface area contributed by atoms with Crippen LogP contribution in [-0.4, -0.2) is 35.8 Å². The van der Waals surface area contributed by atoms with E-state index >= 15 is 0 Å². The molecule has 0 saturated heterocycles. The van der Waals surface area contributed by atoms with Gasteiger partial charge in [-0.05, 0) is 31.0 Å². The van der Waals surface area contributed by atoms with Crippen LogP contribution in [0.3, 0.4) is 0 Å². The zero-order valence-corrected chi connectivity index (χ0v) is 18.5. The summed E-state index contributed by atoms with van der Waals surface area (Å²) < 4.78 is 0. The van der Waals surface area contributed by atoms with Gasteiger partial charge in [0.05, 0.1) is 11.4 Å². The van der Waals surface area contributed by atoms with Gasteiger partial charge in [0.1, 0.15) is 6.54 Å². The Balaban J connectivity index is 1.57. The number of carboxylic acid groups (broad SMARTS) is 1. The molecule has 0 spiro atoms. The van der Waals surface area contributed by atoms with Gasteiger partial charge in [0.2, 0.25) is 5.91 Å². The first kappa shape index (κ1) is 23.9. The van der Waals surface area contributed by atoms with Gasteiger partial charge in [0, 0.05) is 24.1 Å². The number of unbranched alkanes of at least 4 members (excludes halogenated alkanes) is 1. The van der Waals surface area contributed by atoms with Crippen molar-refractivity contribution < 1.29 is 14.7 Å². The molecule has 0 atom stereocenters. The quantitative estimate of drug-likeness (QED) is 0.284. The number of rotatable bonds is 12. The molecule has 3 N–H and O–H groups in total. The van der Waals surface area contributed by atoms with Crippen LogP contribution < -0.4 is 10.6 Å². The Morgan fingerprint density at radius 3 is 2.21 bits per heavy atom. The van der Waals surface area contributed by atoms with Crippen molar-refractivity contribution in [1.29, 1.82) is 0 Å². The summed E-state index contributed by atoms with van der Waals surface area (Å²) in [5.41, 5.74) is 3.90. The standard InChI is InChI=1S/C27H29N3O3/c31-25(17-9-10-18-28-19-21-11-3-1-4-12-21)30-24-16-8-7-15-23(24)27(29-20-26(32)33)22-13-5-2-6-14-22/h1-8,11-16,28H,9-10,17-20H2,(H,30,31)(H,32,33). The summed E-state index contributed by atoms with van der Waals surface area (Å²) in [6.45, 7) is 1.32. The largest absolute Gasteiger partial charge is 0.480 e. The fourth-order valence-corrected chi connectivity index (χ4v) is 3.45. The second kappa shape index (κ2) is 12.9. The Kier molecular flexibility index (Phi) is 9.36. The minimum absolute atomic E-state index is 0.0730. The molecule has 1 amide bonds. The van der Waals surface area contributed by atoms with Crippen molar-refractivity contribution in [3.63, 3.8) is 0 Å². The first-order valence-electron chi connectivity index (χ1n) is 11.1. The van der Waals surface area contributed by atoms with Gasteiger partial charge in [-0.15, -0.1) is 0 Å². The Morgan fingerprint density at radius 2 is 1.48 bits per heavy atom. The SMILES string of the molecule is O=C(O)CN=C(c1ccccc1)c1ccccc1NC(=O)CCCCNCc1ccccc1. The van der Waals surface area contributed by atoms with Crippen molar-refractivity contribution in [2.24, 2.45) is 4.99 Å². The topological polar surface area (TPSA) is 90.8 Å². The van der Waals surface area contributed by atoms with Gasteiger partial charge in [-0.2, -0.15) is 0 Å². The maximum absolute atomic E-state index is 12.6. The molecule has 3 rings (SSSR count). The maximum atomic E-state index is 12.6. The molecule has 0 aliphatic heterocycles. The van der Waals surface area contributed by atoms with Crippen LogP contribution in [0.1, 0.15) is 36.0 Å². The van der Waals surface area contributed by atoms with Crippen LogP contribution in [-0.2, 0) is 16.1 Å². The molecule has 0 aliphatic rings. The summed E-state index contributed by atoms with van der Waals surface area (Å²) in [6.07, 6.45) is 2.08. The van der Waals surface area contributed by atoms with E-state index in [1.54, 1.807) is 0 Å². The number of nitrogens with one attached hydrogen (secondary N) is 2. The van der Waals surface area contributed by atoms with E-state index in [0.717, 1.165) is 31.5 Å². The Hall–Kier alpha value is -3.77. The van der Waals surface area contributed by atoms with Crippen molar-refractivity contribution in [2.75, 3.05) is 18.4 Å². The number of aliphatic imine (C=N–C) groups is 1. The van der Waals surface area contributed by atoms with Gasteiger partial charge in [-0.3, -0.25) is 14.6 Å². The molecule has 0 bridgehead atoms. The molecule has 0 aliphatic carbocycles. The van der Waals surface area contributed by atoms with Crippen LogP contribution in [0.15, 0.2) is 89.9 Å². The molecule has 0 radical (unpaired) electrons. The summed E-state index contributed by atoms with van der Waals surface area (Å²) >= 11 is 0. The molecule has 0 unspecified atom stereocenters. The van der Waals surface area contributed by atoms with Crippen LogP contribution in [0, 0.1) is 0 Å². The maximum Gasteiger partial charge on any atom is 0.325 e. The molecule has 0 fully saturated rings. The monoisotopic (exact) mass is 443 g/mol. The predicted octanol–water partition coefficient (Wildman–Crippen LogP) is 4.51. The van der Waals surface area contributed by atoms with E-state index in [1.165, 1.54) is 5.56 Å². The number of para-hydroxylation sites is 1. The zero-order chi connectivity index (χ0) is 23.3. The van der Waals surface area contributed by atoms with Gasteiger partial charge in [-0.25, -0.2) is 0 Å². The first-order chi connectivity index (χ1) is 16.1. The van der Waals surface area contributed by atoms with E-state index in [1.807, 2.05) is 72.8 Å². The Morgan fingerprint density at radius 1 is 0.818 bits per heavy atom. The van der Waals surface area contributed by atoms with Crippen molar-refractivity contribution in [2.45, 2.75) is 25.8 Å². The average molecular weight is 444 g/mol. The molecule has 33 heavy (non-hydrogen) atoms. The summed E-state index contributed by atoms with van der Waals surface area (Å²) in [5.74, 6) is -1.08. The van der Waals surface area contributed by atoms with Crippen LogP contribution in [0.4, 0.5) is 5.69 Å². The number of aliphatic carboxylic acids is 1. The van der Waals surface area contributed by atoms with Gasteiger partial charge >= 0.3 is 5.97 Å². The third kappa shape index (κ3) is 8.01. The van der Waals surface area contributed by atoms with Crippen LogP contribution in [0.25, 0.3) is 0 Å². The van der Waals surface area contributed by atoms with E-state index in [2.05, 4.69) is 27.8 Å². The second-order valence-corrected chi connectivity index (χ2v) is 7.64. The highest BCUT2D eigenvalue weighted by Crippen LogP contribution is 2.21. The molecule has 6 nitrogen and oxygen atoms in total. The van der Waals surface area contributed by atoms with Crippen molar-refractivity contribution in [3.8, 4) is 0 Å².